The molecule has 5 rings (SSSR count). The van der Waals surface area contributed by atoms with Crippen LogP contribution in [0.3, 0.4) is 0 Å². The van der Waals surface area contributed by atoms with Gasteiger partial charge in [-0.05, 0) is 111 Å². The zero-order chi connectivity index (χ0) is 27.4. The average molecular weight is 582 g/mol. The van der Waals surface area contributed by atoms with Gasteiger partial charge in [-0.25, -0.2) is 8.42 Å². The molecular formula is C32H36ClNO5S. The minimum absolute atomic E-state index is 0. The van der Waals surface area contributed by atoms with E-state index in [0.29, 0.717) is 23.0 Å². The molecule has 8 heteroatoms. The summed E-state index contributed by atoms with van der Waals surface area (Å²) in [7, 11) is -3.37. The van der Waals surface area contributed by atoms with Gasteiger partial charge < -0.3 is 14.6 Å². The molecule has 1 fully saturated rings. The molecule has 0 radical (unpaired) electrons. The van der Waals surface area contributed by atoms with E-state index < -0.39 is 15.1 Å². The lowest BCUT2D eigenvalue weighted by Gasteiger charge is -2.26. The Hall–Kier alpha value is -3.26. The van der Waals surface area contributed by atoms with Crippen molar-refractivity contribution in [3.8, 4) is 34.1 Å². The molecule has 0 unspecified atom stereocenters. The van der Waals surface area contributed by atoms with E-state index in [4.69, 9.17) is 9.47 Å². The molecule has 40 heavy (non-hydrogen) atoms. The van der Waals surface area contributed by atoms with Crippen molar-refractivity contribution in [2.45, 2.75) is 43.3 Å². The first-order chi connectivity index (χ1) is 18.8. The lowest BCUT2D eigenvalue weighted by atomic mass is 9.99. The van der Waals surface area contributed by atoms with Crippen LogP contribution in [0.15, 0.2) is 83.8 Å². The zero-order valence-electron chi connectivity index (χ0n) is 22.9. The Morgan fingerprint density at radius 2 is 1.52 bits per heavy atom. The predicted octanol–water partition coefficient (Wildman–Crippen LogP) is 7.47. The second-order valence-electron chi connectivity index (χ2n) is 10.3. The van der Waals surface area contributed by atoms with Crippen LogP contribution < -0.4 is 9.47 Å². The quantitative estimate of drug-likeness (QED) is 0.221. The normalized spacial score (nSPS) is 14.2. The molecule has 4 aromatic rings. The molecule has 0 amide bonds. The van der Waals surface area contributed by atoms with E-state index in [1.807, 2.05) is 54.6 Å². The summed E-state index contributed by atoms with van der Waals surface area (Å²) in [6.45, 7) is 7.24. The molecule has 1 heterocycles. The number of phenolic OH excluding ortho intramolecular Hbond substituents is 1. The number of hydrogen-bond acceptors (Lipinski definition) is 6. The lowest BCUT2D eigenvalue weighted by Crippen LogP contribution is -2.33. The monoisotopic (exact) mass is 581 g/mol. The molecule has 1 N–H and O–H groups in total. The Labute approximate surface area is 242 Å². The van der Waals surface area contributed by atoms with Gasteiger partial charge in [0.15, 0.2) is 9.84 Å². The van der Waals surface area contributed by atoms with Gasteiger partial charge in [0.25, 0.3) is 0 Å². The number of piperidine rings is 1. The Morgan fingerprint density at radius 3 is 2.20 bits per heavy atom. The third-order valence-corrected chi connectivity index (χ3v) is 9.41. The third-order valence-electron chi connectivity index (χ3n) is 7.24. The van der Waals surface area contributed by atoms with Crippen LogP contribution in [0.4, 0.5) is 0 Å². The first kappa shape index (κ1) is 29.7. The minimum atomic E-state index is -3.37. The topological polar surface area (TPSA) is 76.1 Å². The number of halogens is 1. The summed E-state index contributed by atoms with van der Waals surface area (Å²) in [4.78, 5) is 2.75. The van der Waals surface area contributed by atoms with Crippen molar-refractivity contribution in [2.24, 2.45) is 0 Å². The number of sulfone groups is 1. The Balaban J connectivity index is 0.00000370. The summed E-state index contributed by atoms with van der Waals surface area (Å²) >= 11 is 0. The zero-order valence-corrected chi connectivity index (χ0v) is 24.5. The van der Waals surface area contributed by atoms with Crippen LogP contribution in [0.2, 0.25) is 0 Å². The molecule has 212 valence electrons. The van der Waals surface area contributed by atoms with Crippen LogP contribution in [-0.4, -0.2) is 49.9 Å². The van der Waals surface area contributed by atoms with Gasteiger partial charge in [-0.15, -0.1) is 12.4 Å². The molecule has 1 saturated heterocycles. The molecule has 1 aliphatic rings. The number of hydrogen-bond donors (Lipinski definition) is 1. The fourth-order valence-corrected chi connectivity index (χ4v) is 5.98. The van der Waals surface area contributed by atoms with Crippen LogP contribution in [0.5, 0.6) is 23.0 Å². The van der Waals surface area contributed by atoms with E-state index in [2.05, 4.69) is 4.90 Å². The van der Waals surface area contributed by atoms with E-state index in [0.717, 1.165) is 47.3 Å². The second-order valence-corrected chi connectivity index (χ2v) is 12.8. The van der Waals surface area contributed by atoms with Crippen LogP contribution >= 0.6 is 12.4 Å². The molecule has 4 aromatic carbocycles. The highest BCUT2D eigenvalue weighted by Crippen LogP contribution is 2.41. The van der Waals surface area contributed by atoms with Gasteiger partial charge in [-0.1, -0.05) is 24.6 Å². The van der Waals surface area contributed by atoms with Crippen molar-refractivity contribution in [1.29, 1.82) is 0 Å². The fraction of sp³-hybridized carbons (Fsp3) is 0.312. The van der Waals surface area contributed by atoms with Gasteiger partial charge in [0.2, 0.25) is 0 Å². The van der Waals surface area contributed by atoms with Crippen LogP contribution in [0.1, 0.15) is 33.1 Å². The molecular weight excluding hydrogens is 546 g/mol. The SMILES string of the molecule is CC(C)S(=O)(=O)c1ccc(-c2ccc3cc(O)ccc3c2Oc2ccc(OCCN3CCCCC3)cc2)cc1.Cl. The standard InChI is InChI=1S/C32H35NO5S.ClH/c1-23(2)39(35,36)29-14-6-24(7-15-29)30-16-8-25-22-26(34)9-17-31(25)32(30)38-28-12-10-27(11-13-28)37-21-20-33-18-4-3-5-19-33;/h6-17,22-23,34H,3-5,18-21H2,1-2H3;1H. The molecule has 1 aliphatic heterocycles. The molecule has 0 aliphatic carbocycles. The van der Waals surface area contributed by atoms with Gasteiger partial charge in [0.05, 0.1) is 10.1 Å². The van der Waals surface area contributed by atoms with Crippen molar-refractivity contribution < 1.29 is 23.0 Å². The summed E-state index contributed by atoms with van der Waals surface area (Å²) in [6, 6.07) is 23.5. The van der Waals surface area contributed by atoms with Crippen LogP contribution in [0, 0.1) is 0 Å². The number of ether oxygens (including phenoxy) is 2. The first-order valence-corrected chi connectivity index (χ1v) is 15.1. The largest absolute Gasteiger partial charge is 0.508 e. The van der Waals surface area contributed by atoms with Gasteiger partial charge >= 0.3 is 0 Å². The molecule has 0 atom stereocenters. The predicted molar refractivity (Wildman–Crippen MR) is 163 cm³/mol. The molecule has 6 nitrogen and oxygen atoms in total. The highest BCUT2D eigenvalue weighted by molar-refractivity contribution is 7.92. The smallest absolute Gasteiger partial charge is 0.180 e. The second kappa shape index (κ2) is 12.9. The van der Waals surface area contributed by atoms with Crippen molar-refractivity contribution in [2.75, 3.05) is 26.2 Å². The number of benzene rings is 4. The summed E-state index contributed by atoms with van der Waals surface area (Å²) in [5.41, 5.74) is 1.66. The Bertz CT molecular complexity index is 1530. The Kier molecular flexibility index (Phi) is 9.61. The average Bonchev–Trinajstić information content (AvgIpc) is 2.94. The molecule has 0 aromatic heterocycles. The van der Waals surface area contributed by atoms with Crippen LogP contribution in [0.25, 0.3) is 21.9 Å². The summed E-state index contributed by atoms with van der Waals surface area (Å²) in [6.07, 6.45) is 3.86. The fourth-order valence-electron chi connectivity index (χ4n) is 4.92. The maximum atomic E-state index is 12.6. The van der Waals surface area contributed by atoms with E-state index in [9.17, 15) is 13.5 Å². The van der Waals surface area contributed by atoms with Crippen molar-refractivity contribution >= 4 is 33.0 Å². The van der Waals surface area contributed by atoms with Gasteiger partial charge in [0.1, 0.15) is 29.6 Å². The van der Waals surface area contributed by atoms with E-state index in [1.54, 1.807) is 38.1 Å². The number of fused-ring (bicyclic) bond motifs is 1. The first-order valence-electron chi connectivity index (χ1n) is 13.5. The van der Waals surface area contributed by atoms with Crippen molar-refractivity contribution in [1.82, 2.24) is 4.90 Å². The Morgan fingerprint density at radius 1 is 0.850 bits per heavy atom. The number of rotatable bonds is 9. The van der Waals surface area contributed by atoms with Gasteiger partial charge in [0, 0.05) is 17.5 Å². The van der Waals surface area contributed by atoms with E-state index >= 15 is 0 Å². The number of aromatic hydroxyl groups is 1. The van der Waals surface area contributed by atoms with E-state index in [1.165, 1.54) is 19.3 Å². The lowest BCUT2D eigenvalue weighted by molar-refractivity contribution is 0.183. The summed E-state index contributed by atoms with van der Waals surface area (Å²) < 4.78 is 37.6. The van der Waals surface area contributed by atoms with Crippen LogP contribution in [-0.2, 0) is 9.84 Å². The summed E-state index contributed by atoms with van der Waals surface area (Å²) in [5.74, 6) is 2.25. The maximum absolute atomic E-state index is 12.6. The van der Waals surface area contributed by atoms with Crippen molar-refractivity contribution in [3.05, 3.63) is 78.9 Å². The third kappa shape index (κ3) is 6.72. The van der Waals surface area contributed by atoms with Gasteiger partial charge in [-0.3, -0.25) is 4.90 Å². The van der Waals surface area contributed by atoms with E-state index in [-0.39, 0.29) is 18.2 Å². The highest BCUT2D eigenvalue weighted by atomic mass is 35.5. The molecule has 0 spiro atoms. The molecule has 0 bridgehead atoms. The maximum Gasteiger partial charge on any atom is 0.180 e. The number of nitrogens with zero attached hydrogens (tertiary/aromatic N) is 1. The highest BCUT2D eigenvalue weighted by Gasteiger charge is 2.20. The molecule has 0 saturated carbocycles. The number of phenols is 1. The van der Waals surface area contributed by atoms with Gasteiger partial charge in [-0.2, -0.15) is 0 Å². The summed E-state index contributed by atoms with van der Waals surface area (Å²) in [5, 5.41) is 11.2. The van der Waals surface area contributed by atoms with Crippen molar-refractivity contribution in [3.63, 3.8) is 0 Å². The number of likely N-dealkylation sites (tertiary alicyclic amines) is 1. The minimum Gasteiger partial charge on any atom is -0.508 e.